The van der Waals surface area contributed by atoms with Crippen molar-refractivity contribution in [3.05, 3.63) is 83.9 Å². The maximum absolute atomic E-state index is 14.3. The molecule has 11 heteroatoms. The Labute approximate surface area is 254 Å². The average molecular weight is 612 g/mol. The number of benzene rings is 3. The fourth-order valence-electron chi connectivity index (χ4n) is 4.55. The van der Waals surface area contributed by atoms with Crippen LogP contribution in [0.4, 0.5) is 5.69 Å². The lowest BCUT2D eigenvalue weighted by Crippen LogP contribution is -2.54. The maximum Gasteiger partial charge on any atom is 0.244 e. The van der Waals surface area contributed by atoms with Crippen LogP contribution in [0, 0.1) is 0 Å². The molecule has 232 valence electrons. The van der Waals surface area contributed by atoms with Crippen molar-refractivity contribution in [1.29, 1.82) is 0 Å². The predicted octanol–water partition coefficient (Wildman–Crippen LogP) is 4.03. The van der Waals surface area contributed by atoms with Crippen LogP contribution in [-0.2, 0) is 32.6 Å². The smallest absolute Gasteiger partial charge is 0.244 e. The summed E-state index contributed by atoms with van der Waals surface area (Å²) in [7, 11) is 0.436. The second kappa shape index (κ2) is 15.3. The van der Waals surface area contributed by atoms with Gasteiger partial charge in [-0.1, -0.05) is 49.4 Å². The molecule has 0 fully saturated rings. The Morgan fingerprint density at radius 1 is 0.860 bits per heavy atom. The van der Waals surface area contributed by atoms with E-state index in [-0.39, 0.29) is 36.4 Å². The minimum Gasteiger partial charge on any atom is -0.497 e. The third kappa shape index (κ3) is 9.12. The molecular formula is C32H41N3O7S. The van der Waals surface area contributed by atoms with Gasteiger partial charge in [-0.15, -0.1) is 0 Å². The lowest BCUT2D eigenvalue weighted by atomic mass is 10.0. The number of amides is 2. The summed E-state index contributed by atoms with van der Waals surface area (Å²) in [5, 5.41) is 3.02. The van der Waals surface area contributed by atoms with Gasteiger partial charge < -0.3 is 24.4 Å². The molecule has 0 bridgehead atoms. The third-order valence-electron chi connectivity index (χ3n) is 7.09. The van der Waals surface area contributed by atoms with Crippen LogP contribution in [0.2, 0.25) is 0 Å². The van der Waals surface area contributed by atoms with Gasteiger partial charge in [-0.25, -0.2) is 8.42 Å². The standard InChI is InChI=1S/C32H41N3O7S/c1-7-23(2)33-32(37)29(19-24-12-9-8-10-13-24)34(21-25-14-11-15-26(18-25)40-3)31(36)22-35(43(6,38)39)28-20-27(41-4)16-17-30(28)42-5/h8-18,20,23,29H,7,19,21-22H2,1-6H3,(H,33,37)/t23-,29-/m1/s1. The Morgan fingerprint density at radius 3 is 2.12 bits per heavy atom. The normalized spacial score (nSPS) is 12.5. The molecular weight excluding hydrogens is 570 g/mol. The number of carbonyl (C=O) groups is 2. The van der Waals surface area contributed by atoms with Gasteiger partial charge in [-0.3, -0.25) is 13.9 Å². The zero-order valence-corrected chi connectivity index (χ0v) is 26.4. The molecule has 0 aliphatic carbocycles. The number of carbonyl (C=O) groups excluding carboxylic acids is 2. The van der Waals surface area contributed by atoms with Crippen molar-refractivity contribution < 1.29 is 32.2 Å². The fraction of sp³-hybridized carbons (Fsp3) is 0.375. The van der Waals surface area contributed by atoms with Crippen molar-refractivity contribution >= 4 is 27.5 Å². The van der Waals surface area contributed by atoms with Crippen LogP contribution in [0.3, 0.4) is 0 Å². The number of nitrogens with zero attached hydrogens (tertiary/aromatic N) is 2. The summed E-state index contributed by atoms with van der Waals surface area (Å²) in [5.74, 6) is 0.318. The topological polar surface area (TPSA) is 114 Å². The molecule has 0 saturated carbocycles. The van der Waals surface area contributed by atoms with Crippen LogP contribution in [0.1, 0.15) is 31.4 Å². The lowest BCUT2D eigenvalue weighted by Gasteiger charge is -2.34. The van der Waals surface area contributed by atoms with Crippen molar-refractivity contribution in [2.75, 3.05) is 38.4 Å². The first-order valence-corrected chi connectivity index (χ1v) is 15.8. The van der Waals surface area contributed by atoms with Gasteiger partial charge >= 0.3 is 0 Å². The molecule has 3 aromatic carbocycles. The molecule has 10 nitrogen and oxygen atoms in total. The number of nitrogens with one attached hydrogen (secondary N) is 1. The third-order valence-corrected chi connectivity index (χ3v) is 8.22. The van der Waals surface area contributed by atoms with Gasteiger partial charge in [0.2, 0.25) is 21.8 Å². The van der Waals surface area contributed by atoms with Crippen molar-refractivity contribution in [3.8, 4) is 17.2 Å². The van der Waals surface area contributed by atoms with Gasteiger partial charge in [0.25, 0.3) is 0 Å². The highest BCUT2D eigenvalue weighted by Crippen LogP contribution is 2.34. The van der Waals surface area contributed by atoms with Crippen LogP contribution in [-0.4, -0.2) is 71.3 Å². The Bertz CT molecular complexity index is 1480. The molecule has 0 aliphatic heterocycles. The van der Waals surface area contributed by atoms with Crippen LogP contribution in [0.25, 0.3) is 0 Å². The van der Waals surface area contributed by atoms with E-state index < -0.39 is 28.5 Å². The summed E-state index contributed by atoms with van der Waals surface area (Å²) in [4.78, 5) is 29.6. The highest BCUT2D eigenvalue weighted by Gasteiger charge is 2.34. The first kappa shape index (κ1) is 33.3. The van der Waals surface area contributed by atoms with Gasteiger partial charge in [0.05, 0.1) is 33.3 Å². The lowest BCUT2D eigenvalue weighted by molar-refractivity contribution is -0.140. The monoisotopic (exact) mass is 611 g/mol. The first-order valence-electron chi connectivity index (χ1n) is 14.0. The fourth-order valence-corrected chi connectivity index (χ4v) is 5.39. The molecule has 0 saturated heterocycles. The zero-order chi connectivity index (χ0) is 31.6. The van der Waals surface area contributed by atoms with Crippen molar-refractivity contribution in [2.45, 2.75) is 45.3 Å². The van der Waals surface area contributed by atoms with Gasteiger partial charge in [-0.2, -0.15) is 0 Å². The van der Waals surface area contributed by atoms with Crippen LogP contribution >= 0.6 is 0 Å². The van der Waals surface area contributed by atoms with E-state index in [9.17, 15) is 18.0 Å². The largest absolute Gasteiger partial charge is 0.497 e. The molecule has 2 amide bonds. The number of ether oxygens (including phenoxy) is 3. The van der Waals surface area contributed by atoms with E-state index in [0.717, 1.165) is 16.1 Å². The summed E-state index contributed by atoms with van der Waals surface area (Å²) in [6.45, 7) is 3.32. The Balaban J connectivity index is 2.13. The summed E-state index contributed by atoms with van der Waals surface area (Å²) in [5.41, 5.74) is 1.71. The Morgan fingerprint density at radius 2 is 1.51 bits per heavy atom. The SMILES string of the molecule is CC[C@@H](C)NC(=O)[C@@H](Cc1ccccc1)N(Cc1cccc(OC)c1)C(=O)CN(c1cc(OC)ccc1OC)S(C)(=O)=O. The summed E-state index contributed by atoms with van der Waals surface area (Å²) in [6, 6.07) is 20.2. The summed E-state index contributed by atoms with van der Waals surface area (Å²) in [6.07, 6.45) is 1.94. The number of anilines is 1. The van der Waals surface area contributed by atoms with E-state index in [0.29, 0.717) is 23.5 Å². The van der Waals surface area contributed by atoms with Crippen molar-refractivity contribution in [3.63, 3.8) is 0 Å². The highest BCUT2D eigenvalue weighted by molar-refractivity contribution is 7.92. The quantitative estimate of drug-likeness (QED) is 0.276. The van der Waals surface area contributed by atoms with Gasteiger partial charge in [-0.05, 0) is 48.7 Å². The zero-order valence-electron chi connectivity index (χ0n) is 25.6. The van der Waals surface area contributed by atoms with E-state index in [1.165, 1.54) is 25.2 Å². The van der Waals surface area contributed by atoms with E-state index in [1.54, 1.807) is 37.4 Å². The number of methoxy groups -OCH3 is 3. The van der Waals surface area contributed by atoms with E-state index in [4.69, 9.17) is 14.2 Å². The molecule has 43 heavy (non-hydrogen) atoms. The highest BCUT2D eigenvalue weighted by atomic mass is 32.2. The number of hydrogen-bond donors (Lipinski definition) is 1. The second-order valence-electron chi connectivity index (χ2n) is 10.2. The second-order valence-corrected chi connectivity index (χ2v) is 12.1. The van der Waals surface area contributed by atoms with E-state index in [1.807, 2.05) is 50.2 Å². The number of sulfonamides is 1. The molecule has 3 aromatic rings. The molecule has 1 N–H and O–H groups in total. The molecule has 2 atom stereocenters. The Hall–Kier alpha value is -4.25. The summed E-state index contributed by atoms with van der Waals surface area (Å²) < 4.78 is 43.4. The molecule has 0 unspecified atom stereocenters. The van der Waals surface area contributed by atoms with E-state index in [2.05, 4.69) is 5.32 Å². The maximum atomic E-state index is 14.3. The Kier molecular flexibility index (Phi) is 11.8. The van der Waals surface area contributed by atoms with E-state index >= 15 is 0 Å². The minimum absolute atomic E-state index is 0.0360. The van der Waals surface area contributed by atoms with Crippen LogP contribution in [0.15, 0.2) is 72.8 Å². The first-order chi connectivity index (χ1) is 20.5. The van der Waals surface area contributed by atoms with Crippen LogP contribution in [0.5, 0.6) is 17.2 Å². The number of rotatable bonds is 15. The summed E-state index contributed by atoms with van der Waals surface area (Å²) >= 11 is 0. The average Bonchev–Trinajstić information content (AvgIpc) is 3.00. The van der Waals surface area contributed by atoms with Gasteiger partial charge in [0.1, 0.15) is 29.8 Å². The molecule has 0 aromatic heterocycles. The molecule has 0 spiro atoms. The van der Waals surface area contributed by atoms with Gasteiger partial charge in [0.15, 0.2) is 0 Å². The molecule has 0 heterocycles. The van der Waals surface area contributed by atoms with Gasteiger partial charge in [0, 0.05) is 25.1 Å². The van der Waals surface area contributed by atoms with Crippen molar-refractivity contribution in [1.82, 2.24) is 10.2 Å². The van der Waals surface area contributed by atoms with Crippen LogP contribution < -0.4 is 23.8 Å². The minimum atomic E-state index is -3.99. The molecule has 0 radical (unpaired) electrons. The van der Waals surface area contributed by atoms with Crippen molar-refractivity contribution in [2.24, 2.45) is 0 Å². The number of hydrogen-bond acceptors (Lipinski definition) is 7. The molecule has 3 rings (SSSR count). The predicted molar refractivity (Wildman–Crippen MR) is 167 cm³/mol. The molecule has 0 aliphatic rings.